The van der Waals surface area contributed by atoms with Gasteiger partial charge in [-0.3, -0.25) is 9.69 Å². The third kappa shape index (κ3) is 3.28. The quantitative estimate of drug-likeness (QED) is 0.580. The van der Waals surface area contributed by atoms with Crippen LogP contribution >= 0.6 is 0 Å². The highest BCUT2D eigenvalue weighted by Gasteiger charge is 2.30. The predicted molar refractivity (Wildman–Crippen MR) is 107 cm³/mol. The number of carbonyl (C=O) groups excluding carboxylic acids is 1. The molecule has 0 aromatic heterocycles. The molecule has 1 aliphatic rings. The molecule has 1 heterocycles. The van der Waals surface area contributed by atoms with E-state index in [1.54, 1.807) is 11.0 Å². The lowest BCUT2D eigenvalue weighted by Crippen LogP contribution is -2.36. The highest BCUT2D eigenvalue weighted by atomic mass is 19.1. The van der Waals surface area contributed by atoms with Crippen molar-refractivity contribution >= 4 is 17.7 Å². The third-order valence-electron chi connectivity index (χ3n) is 4.95. The lowest BCUT2D eigenvalue weighted by Gasteiger charge is -2.34. The number of hydrogen-bond acceptors (Lipinski definition) is 1. The van der Waals surface area contributed by atoms with Gasteiger partial charge in [0.15, 0.2) is 0 Å². The Bertz CT molecular complexity index is 993. The van der Waals surface area contributed by atoms with E-state index in [-0.39, 0.29) is 17.8 Å². The summed E-state index contributed by atoms with van der Waals surface area (Å²) in [6.07, 6.45) is 4.77. The summed E-state index contributed by atoms with van der Waals surface area (Å²) in [6, 6.07) is 21.9. The monoisotopic (exact) mass is 357 g/mol. The third-order valence-corrected chi connectivity index (χ3v) is 4.95. The standard InChI is InChI=1S/C24H20FNO/c1-2-17-8-10-19(11-9-17)24(27)26-22(18-6-4-3-5-7-18)14-12-20-16-21(25)13-15-23(20)26/h3-16,22H,2H2,1H3. The molecule has 0 saturated carbocycles. The zero-order valence-electron chi connectivity index (χ0n) is 15.1. The van der Waals surface area contributed by atoms with Gasteiger partial charge in [-0.2, -0.15) is 0 Å². The number of amides is 1. The van der Waals surface area contributed by atoms with Gasteiger partial charge < -0.3 is 0 Å². The SMILES string of the molecule is CCc1ccc(C(=O)N2c3ccc(F)cc3C=CC2c2ccccc2)cc1. The van der Waals surface area contributed by atoms with Crippen molar-refractivity contribution in [3.63, 3.8) is 0 Å². The van der Waals surface area contributed by atoms with E-state index in [1.165, 1.54) is 17.7 Å². The molecule has 27 heavy (non-hydrogen) atoms. The molecule has 0 radical (unpaired) electrons. The maximum atomic E-state index is 13.7. The van der Waals surface area contributed by atoms with Crippen LogP contribution in [0.3, 0.4) is 0 Å². The summed E-state index contributed by atoms with van der Waals surface area (Å²) in [4.78, 5) is 15.2. The highest BCUT2D eigenvalue weighted by molar-refractivity contribution is 6.08. The first-order valence-corrected chi connectivity index (χ1v) is 9.12. The Morgan fingerprint density at radius 3 is 2.44 bits per heavy atom. The highest BCUT2D eigenvalue weighted by Crippen LogP contribution is 2.37. The second kappa shape index (κ2) is 7.20. The Morgan fingerprint density at radius 1 is 1.00 bits per heavy atom. The fourth-order valence-corrected chi connectivity index (χ4v) is 3.48. The molecule has 0 bridgehead atoms. The molecule has 3 aromatic rings. The Morgan fingerprint density at radius 2 is 1.74 bits per heavy atom. The second-order valence-electron chi connectivity index (χ2n) is 6.64. The van der Waals surface area contributed by atoms with Crippen LogP contribution in [0.15, 0.2) is 78.9 Å². The van der Waals surface area contributed by atoms with E-state index < -0.39 is 0 Å². The fraction of sp³-hybridized carbons (Fsp3) is 0.125. The predicted octanol–water partition coefficient (Wildman–Crippen LogP) is 5.80. The second-order valence-corrected chi connectivity index (χ2v) is 6.64. The summed E-state index contributed by atoms with van der Waals surface area (Å²) in [6.45, 7) is 2.09. The lowest BCUT2D eigenvalue weighted by atomic mass is 9.96. The van der Waals surface area contributed by atoms with Crippen LogP contribution < -0.4 is 4.90 Å². The van der Waals surface area contributed by atoms with E-state index in [9.17, 15) is 9.18 Å². The number of rotatable bonds is 3. The van der Waals surface area contributed by atoms with Crippen molar-refractivity contribution in [2.75, 3.05) is 4.90 Å². The Balaban J connectivity index is 1.81. The molecular weight excluding hydrogens is 337 g/mol. The van der Waals surface area contributed by atoms with Crippen molar-refractivity contribution in [1.82, 2.24) is 0 Å². The summed E-state index contributed by atoms with van der Waals surface area (Å²) in [5.74, 6) is -0.403. The minimum absolute atomic E-state index is 0.0938. The van der Waals surface area contributed by atoms with Crippen molar-refractivity contribution < 1.29 is 9.18 Å². The van der Waals surface area contributed by atoms with Gasteiger partial charge in [0.25, 0.3) is 5.91 Å². The maximum Gasteiger partial charge on any atom is 0.259 e. The van der Waals surface area contributed by atoms with Crippen molar-refractivity contribution in [3.8, 4) is 0 Å². The van der Waals surface area contributed by atoms with Gasteiger partial charge in [0, 0.05) is 11.1 Å². The maximum absolute atomic E-state index is 13.7. The van der Waals surface area contributed by atoms with Gasteiger partial charge in [-0.25, -0.2) is 4.39 Å². The number of aryl methyl sites for hydroxylation is 1. The first-order valence-electron chi connectivity index (χ1n) is 9.12. The average Bonchev–Trinajstić information content (AvgIpc) is 2.73. The molecule has 4 rings (SSSR count). The molecule has 1 atom stereocenters. The van der Waals surface area contributed by atoms with E-state index in [1.807, 2.05) is 66.7 Å². The number of benzene rings is 3. The van der Waals surface area contributed by atoms with Crippen LogP contribution in [0.4, 0.5) is 10.1 Å². The number of nitrogens with zero attached hydrogens (tertiary/aromatic N) is 1. The van der Waals surface area contributed by atoms with Crippen LogP contribution in [0.25, 0.3) is 6.08 Å². The minimum atomic E-state index is -0.309. The van der Waals surface area contributed by atoms with E-state index in [2.05, 4.69) is 6.92 Å². The van der Waals surface area contributed by atoms with Crippen molar-refractivity contribution in [2.24, 2.45) is 0 Å². The summed E-state index contributed by atoms with van der Waals surface area (Å²) >= 11 is 0. The van der Waals surface area contributed by atoms with Crippen molar-refractivity contribution in [1.29, 1.82) is 0 Å². The summed E-state index contributed by atoms with van der Waals surface area (Å²) in [5, 5.41) is 0. The number of anilines is 1. The van der Waals surface area contributed by atoms with Crippen LogP contribution in [-0.4, -0.2) is 5.91 Å². The molecule has 0 saturated heterocycles. The molecule has 1 unspecified atom stereocenters. The minimum Gasteiger partial charge on any atom is -0.297 e. The van der Waals surface area contributed by atoms with Gasteiger partial charge in [-0.1, -0.05) is 61.5 Å². The zero-order valence-corrected chi connectivity index (χ0v) is 15.1. The molecule has 0 fully saturated rings. The van der Waals surface area contributed by atoms with Gasteiger partial charge in [-0.15, -0.1) is 0 Å². The topological polar surface area (TPSA) is 20.3 Å². The van der Waals surface area contributed by atoms with E-state index in [4.69, 9.17) is 0 Å². The van der Waals surface area contributed by atoms with E-state index in [0.717, 1.165) is 17.7 Å². The molecule has 134 valence electrons. The Hall–Kier alpha value is -3.20. The van der Waals surface area contributed by atoms with Gasteiger partial charge in [0.2, 0.25) is 0 Å². The molecular formula is C24H20FNO. The number of fused-ring (bicyclic) bond motifs is 1. The molecule has 0 N–H and O–H groups in total. The van der Waals surface area contributed by atoms with Gasteiger partial charge in [-0.05, 0) is 47.9 Å². The summed E-state index contributed by atoms with van der Waals surface area (Å²) < 4.78 is 13.7. The fourth-order valence-electron chi connectivity index (χ4n) is 3.48. The number of halogens is 1. The lowest BCUT2D eigenvalue weighted by molar-refractivity contribution is 0.0980. The molecule has 0 aliphatic carbocycles. The normalized spacial score (nSPS) is 15.5. The van der Waals surface area contributed by atoms with Gasteiger partial charge in [0.05, 0.1) is 11.7 Å². The first kappa shape index (κ1) is 17.2. The smallest absolute Gasteiger partial charge is 0.259 e. The van der Waals surface area contributed by atoms with Crippen LogP contribution in [0.2, 0.25) is 0 Å². The number of hydrogen-bond donors (Lipinski definition) is 0. The van der Waals surface area contributed by atoms with E-state index in [0.29, 0.717) is 11.1 Å². The van der Waals surface area contributed by atoms with Crippen molar-refractivity contribution in [3.05, 3.63) is 107 Å². The number of carbonyl (C=O) groups is 1. The Kier molecular flexibility index (Phi) is 4.59. The van der Waals surface area contributed by atoms with Gasteiger partial charge >= 0.3 is 0 Å². The van der Waals surface area contributed by atoms with Crippen LogP contribution in [0, 0.1) is 5.82 Å². The molecule has 1 amide bonds. The average molecular weight is 357 g/mol. The summed E-state index contributed by atoms with van der Waals surface area (Å²) in [7, 11) is 0. The van der Waals surface area contributed by atoms with E-state index >= 15 is 0 Å². The van der Waals surface area contributed by atoms with Crippen LogP contribution in [0.1, 0.15) is 40.0 Å². The van der Waals surface area contributed by atoms with Crippen LogP contribution in [0.5, 0.6) is 0 Å². The molecule has 3 heteroatoms. The van der Waals surface area contributed by atoms with Gasteiger partial charge in [0.1, 0.15) is 5.82 Å². The zero-order chi connectivity index (χ0) is 18.8. The molecule has 0 spiro atoms. The first-order chi connectivity index (χ1) is 13.2. The molecule has 1 aliphatic heterocycles. The molecule has 3 aromatic carbocycles. The van der Waals surface area contributed by atoms with Crippen LogP contribution in [-0.2, 0) is 6.42 Å². The summed E-state index contributed by atoms with van der Waals surface area (Å²) in [5.41, 5.74) is 4.26. The molecule has 2 nitrogen and oxygen atoms in total. The van der Waals surface area contributed by atoms with Crippen molar-refractivity contribution in [2.45, 2.75) is 19.4 Å². The Labute approximate surface area is 158 Å². The largest absolute Gasteiger partial charge is 0.297 e.